The zero-order valence-corrected chi connectivity index (χ0v) is 14.0. The highest BCUT2D eigenvalue weighted by atomic mass is 16.5. The van der Waals surface area contributed by atoms with Crippen molar-refractivity contribution in [2.24, 2.45) is 5.92 Å². The molecule has 1 unspecified atom stereocenters. The van der Waals surface area contributed by atoms with Crippen LogP contribution >= 0.6 is 0 Å². The van der Waals surface area contributed by atoms with Crippen molar-refractivity contribution in [3.8, 4) is 0 Å². The molecular weight excluding hydrogens is 292 g/mol. The second-order valence-electron chi connectivity index (χ2n) is 6.75. The largest absolute Gasteiger partial charge is 0.381 e. The van der Waals surface area contributed by atoms with Crippen LogP contribution in [0.1, 0.15) is 48.6 Å². The molecule has 1 N–H and O–H groups in total. The predicted octanol–water partition coefficient (Wildman–Crippen LogP) is 1.70. The normalized spacial score (nSPS) is 22.9. The van der Waals surface area contributed by atoms with Crippen molar-refractivity contribution in [3.05, 3.63) is 18.0 Å². The Hall–Kier alpha value is -1.40. The first-order valence-corrected chi connectivity index (χ1v) is 8.83. The van der Waals surface area contributed by atoms with Crippen LogP contribution in [0.3, 0.4) is 0 Å². The standard InChI is InChI=1S/C17H28N4O2/c1-20(9-4-14-6-11-23-12-7-14)17(22)16-5-10-21(19-16)15-3-2-8-18-13-15/h5,10,14-15,18H,2-4,6-9,11-13H2,1H3. The van der Waals surface area contributed by atoms with Crippen molar-refractivity contribution in [1.29, 1.82) is 0 Å². The highest BCUT2D eigenvalue weighted by Gasteiger charge is 2.21. The zero-order chi connectivity index (χ0) is 16.1. The number of hydrogen-bond acceptors (Lipinski definition) is 4. The molecule has 0 spiro atoms. The number of aromatic nitrogens is 2. The summed E-state index contributed by atoms with van der Waals surface area (Å²) in [7, 11) is 1.88. The van der Waals surface area contributed by atoms with Gasteiger partial charge in [-0.3, -0.25) is 9.48 Å². The van der Waals surface area contributed by atoms with Crippen molar-refractivity contribution in [2.75, 3.05) is 39.9 Å². The average molecular weight is 320 g/mol. The quantitative estimate of drug-likeness (QED) is 0.897. The molecule has 1 amide bonds. The van der Waals surface area contributed by atoms with E-state index in [1.165, 1.54) is 6.42 Å². The number of carbonyl (C=O) groups is 1. The molecule has 0 aliphatic carbocycles. The lowest BCUT2D eigenvalue weighted by Gasteiger charge is -2.24. The average Bonchev–Trinajstić information content (AvgIpc) is 3.11. The molecule has 0 bridgehead atoms. The van der Waals surface area contributed by atoms with E-state index in [2.05, 4.69) is 10.4 Å². The van der Waals surface area contributed by atoms with Gasteiger partial charge in [0.1, 0.15) is 5.69 Å². The molecule has 6 nitrogen and oxygen atoms in total. The van der Waals surface area contributed by atoms with Crippen LogP contribution < -0.4 is 5.32 Å². The van der Waals surface area contributed by atoms with Gasteiger partial charge in [0.2, 0.25) is 0 Å². The molecule has 3 heterocycles. The van der Waals surface area contributed by atoms with E-state index in [1.54, 1.807) is 4.90 Å². The monoisotopic (exact) mass is 320 g/mol. The Morgan fingerprint density at radius 1 is 1.43 bits per heavy atom. The molecule has 1 aromatic rings. The zero-order valence-electron chi connectivity index (χ0n) is 14.0. The maximum atomic E-state index is 12.5. The number of amides is 1. The van der Waals surface area contributed by atoms with Crippen LogP contribution in [0.25, 0.3) is 0 Å². The van der Waals surface area contributed by atoms with E-state index in [4.69, 9.17) is 4.74 Å². The SMILES string of the molecule is CN(CCC1CCOCC1)C(=O)c1ccn(C2CCCNC2)n1. The number of carbonyl (C=O) groups excluding carboxylic acids is 1. The number of rotatable bonds is 5. The van der Waals surface area contributed by atoms with E-state index in [1.807, 2.05) is 24.0 Å². The molecule has 6 heteroatoms. The molecule has 2 aliphatic heterocycles. The summed E-state index contributed by atoms with van der Waals surface area (Å²) in [4.78, 5) is 14.3. The first-order chi connectivity index (χ1) is 11.2. The van der Waals surface area contributed by atoms with Gasteiger partial charge in [-0.15, -0.1) is 0 Å². The molecule has 0 radical (unpaired) electrons. The summed E-state index contributed by atoms with van der Waals surface area (Å²) in [5.41, 5.74) is 0.560. The minimum absolute atomic E-state index is 0.0274. The van der Waals surface area contributed by atoms with Gasteiger partial charge in [-0.2, -0.15) is 5.10 Å². The summed E-state index contributed by atoms with van der Waals surface area (Å²) in [6.07, 6.45) is 7.52. The third-order valence-corrected chi connectivity index (χ3v) is 5.03. The van der Waals surface area contributed by atoms with Crippen molar-refractivity contribution < 1.29 is 9.53 Å². The summed E-state index contributed by atoms with van der Waals surface area (Å²) in [5, 5.41) is 7.90. The first kappa shape index (κ1) is 16.5. The summed E-state index contributed by atoms with van der Waals surface area (Å²) >= 11 is 0. The summed E-state index contributed by atoms with van der Waals surface area (Å²) < 4.78 is 7.34. The molecular formula is C17H28N4O2. The Bertz CT molecular complexity index is 504. The van der Waals surface area contributed by atoms with E-state index < -0.39 is 0 Å². The molecule has 128 valence electrons. The second kappa shape index (κ2) is 7.93. The van der Waals surface area contributed by atoms with Gasteiger partial charge < -0.3 is 15.0 Å². The topological polar surface area (TPSA) is 59.4 Å². The van der Waals surface area contributed by atoms with Gasteiger partial charge in [-0.25, -0.2) is 0 Å². The second-order valence-corrected chi connectivity index (χ2v) is 6.75. The van der Waals surface area contributed by atoms with Crippen LogP contribution in [0.15, 0.2) is 12.3 Å². The van der Waals surface area contributed by atoms with Crippen molar-refractivity contribution in [1.82, 2.24) is 20.0 Å². The van der Waals surface area contributed by atoms with E-state index in [0.717, 1.165) is 58.5 Å². The molecule has 23 heavy (non-hydrogen) atoms. The summed E-state index contributed by atoms with van der Waals surface area (Å²) in [5.74, 6) is 0.712. The Kier molecular flexibility index (Phi) is 5.67. The Morgan fingerprint density at radius 3 is 3.00 bits per heavy atom. The first-order valence-electron chi connectivity index (χ1n) is 8.83. The van der Waals surface area contributed by atoms with E-state index in [-0.39, 0.29) is 5.91 Å². The van der Waals surface area contributed by atoms with Crippen LogP contribution in [0, 0.1) is 5.92 Å². The molecule has 2 aliphatic rings. The van der Waals surface area contributed by atoms with E-state index in [0.29, 0.717) is 17.7 Å². The van der Waals surface area contributed by atoms with Crippen molar-refractivity contribution in [3.63, 3.8) is 0 Å². The number of nitrogens with one attached hydrogen (secondary N) is 1. The van der Waals surface area contributed by atoms with Gasteiger partial charge in [0.25, 0.3) is 5.91 Å². The lowest BCUT2D eigenvalue weighted by atomic mass is 9.96. The maximum absolute atomic E-state index is 12.5. The lowest BCUT2D eigenvalue weighted by Crippen LogP contribution is -2.33. The summed E-state index contributed by atoms with van der Waals surface area (Å²) in [6, 6.07) is 2.22. The third kappa shape index (κ3) is 4.32. The Balaban J connectivity index is 1.51. The maximum Gasteiger partial charge on any atom is 0.274 e. The molecule has 2 saturated heterocycles. The fourth-order valence-corrected chi connectivity index (χ4v) is 3.42. The molecule has 2 fully saturated rings. The van der Waals surface area contributed by atoms with Gasteiger partial charge in [-0.1, -0.05) is 0 Å². The van der Waals surface area contributed by atoms with Gasteiger partial charge in [0.15, 0.2) is 0 Å². The minimum atomic E-state index is 0.0274. The Labute approximate surface area is 138 Å². The van der Waals surface area contributed by atoms with Gasteiger partial charge in [-0.05, 0) is 50.6 Å². The Morgan fingerprint density at radius 2 is 2.26 bits per heavy atom. The summed E-state index contributed by atoms with van der Waals surface area (Å²) in [6.45, 7) is 4.54. The van der Waals surface area contributed by atoms with Crippen LogP contribution in [0.2, 0.25) is 0 Å². The number of hydrogen-bond donors (Lipinski definition) is 1. The highest BCUT2D eigenvalue weighted by molar-refractivity contribution is 5.91. The lowest BCUT2D eigenvalue weighted by molar-refractivity contribution is 0.0582. The van der Waals surface area contributed by atoms with E-state index >= 15 is 0 Å². The fourth-order valence-electron chi connectivity index (χ4n) is 3.42. The number of piperidine rings is 1. The van der Waals surface area contributed by atoms with Crippen LogP contribution in [-0.4, -0.2) is 60.5 Å². The minimum Gasteiger partial charge on any atom is -0.381 e. The van der Waals surface area contributed by atoms with E-state index in [9.17, 15) is 4.79 Å². The van der Waals surface area contributed by atoms with Gasteiger partial charge in [0, 0.05) is 39.5 Å². The molecule has 1 atom stereocenters. The fraction of sp³-hybridized carbons (Fsp3) is 0.765. The molecule has 0 saturated carbocycles. The molecule has 0 aromatic carbocycles. The smallest absolute Gasteiger partial charge is 0.274 e. The highest BCUT2D eigenvalue weighted by Crippen LogP contribution is 2.19. The number of ether oxygens (including phenoxy) is 1. The number of nitrogens with zero attached hydrogens (tertiary/aromatic N) is 3. The molecule has 1 aromatic heterocycles. The van der Waals surface area contributed by atoms with Crippen LogP contribution in [-0.2, 0) is 4.74 Å². The molecule has 3 rings (SSSR count). The van der Waals surface area contributed by atoms with Crippen LogP contribution in [0.4, 0.5) is 0 Å². The van der Waals surface area contributed by atoms with Crippen molar-refractivity contribution in [2.45, 2.75) is 38.1 Å². The van der Waals surface area contributed by atoms with Crippen molar-refractivity contribution >= 4 is 5.91 Å². The van der Waals surface area contributed by atoms with Gasteiger partial charge >= 0.3 is 0 Å². The van der Waals surface area contributed by atoms with Crippen LogP contribution in [0.5, 0.6) is 0 Å². The van der Waals surface area contributed by atoms with Gasteiger partial charge in [0.05, 0.1) is 6.04 Å². The predicted molar refractivity (Wildman–Crippen MR) is 88.5 cm³/mol. The third-order valence-electron chi connectivity index (χ3n) is 5.03.